The summed E-state index contributed by atoms with van der Waals surface area (Å²) in [5.41, 5.74) is 8.20. The second kappa shape index (κ2) is 6.41. The number of aryl methyl sites for hydroxylation is 2. The van der Waals surface area contributed by atoms with Crippen LogP contribution in [-0.4, -0.2) is 17.0 Å². The SMILES string of the molecule is Cc1cc(C(=O)Nc2ccc(CC(N)=NO)cc2)sc1C. The Morgan fingerprint density at radius 1 is 1.33 bits per heavy atom. The number of nitrogens with two attached hydrogens (primary N) is 1. The predicted molar refractivity (Wildman–Crippen MR) is 85.3 cm³/mol. The largest absolute Gasteiger partial charge is 0.409 e. The Balaban J connectivity index is 2.04. The van der Waals surface area contributed by atoms with Crippen LogP contribution in [0.25, 0.3) is 0 Å². The molecule has 0 bridgehead atoms. The van der Waals surface area contributed by atoms with Gasteiger partial charge in [-0.3, -0.25) is 4.79 Å². The predicted octanol–water partition coefficient (Wildman–Crippen LogP) is 2.91. The molecule has 0 aliphatic heterocycles. The second-order valence-electron chi connectivity index (χ2n) is 4.77. The highest BCUT2D eigenvalue weighted by Gasteiger charge is 2.10. The summed E-state index contributed by atoms with van der Waals surface area (Å²) in [6.07, 6.45) is 0.369. The molecule has 0 aliphatic carbocycles. The fourth-order valence-corrected chi connectivity index (χ4v) is 2.76. The van der Waals surface area contributed by atoms with Crippen LogP contribution in [0.3, 0.4) is 0 Å². The van der Waals surface area contributed by atoms with Gasteiger partial charge in [-0.15, -0.1) is 11.3 Å². The lowest BCUT2D eigenvalue weighted by Crippen LogP contribution is -2.14. The number of hydrogen-bond donors (Lipinski definition) is 3. The molecule has 0 atom stereocenters. The number of thiophene rings is 1. The van der Waals surface area contributed by atoms with Crippen LogP contribution in [0.4, 0.5) is 5.69 Å². The van der Waals surface area contributed by atoms with Crippen LogP contribution in [0.1, 0.15) is 25.7 Å². The second-order valence-corrected chi connectivity index (χ2v) is 6.03. The van der Waals surface area contributed by atoms with Crippen molar-refractivity contribution in [2.45, 2.75) is 20.3 Å². The quantitative estimate of drug-likeness (QED) is 0.351. The van der Waals surface area contributed by atoms with Crippen molar-refractivity contribution in [3.63, 3.8) is 0 Å². The summed E-state index contributed by atoms with van der Waals surface area (Å²) in [5, 5.41) is 14.3. The summed E-state index contributed by atoms with van der Waals surface area (Å²) >= 11 is 1.48. The van der Waals surface area contributed by atoms with Gasteiger partial charge < -0.3 is 16.3 Å². The maximum absolute atomic E-state index is 12.1. The van der Waals surface area contributed by atoms with Crippen LogP contribution in [0.15, 0.2) is 35.5 Å². The molecule has 0 saturated carbocycles. The maximum Gasteiger partial charge on any atom is 0.265 e. The van der Waals surface area contributed by atoms with Gasteiger partial charge in [-0.2, -0.15) is 0 Å². The molecule has 0 fully saturated rings. The van der Waals surface area contributed by atoms with E-state index in [4.69, 9.17) is 10.9 Å². The van der Waals surface area contributed by atoms with Crippen LogP contribution in [0.5, 0.6) is 0 Å². The zero-order valence-electron chi connectivity index (χ0n) is 11.9. The van der Waals surface area contributed by atoms with Crippen LogP contribution in [0.2, 0.25) is 0 Å². The number of nitrogens with one attached hydrogen (secondary N) is 1. The molecule has 21 heavy (non-hydrogen) atoms. The van der Waals surface area contributed by atoms with E-state index in [1.54, 1.807) is 12.1 Å². The highest BCUT2D eigenvalue weighted by Crippen LogP contribution is 2.22. The molecule has 1 aromatic heterocycles. The number of oxime groups is 1. The average Bonchev–Trinajstić information content (AvgIpc) is 2.81. The number of benzene rings is 1. The molecule has 0 unspecified atom stereocenters. The van der Waals surface area contributed by atoms with Crippen LogP contribution >= 0.6 is 11.3 Å². The molecule has 110 valence electrons. The molecule has 5 nitrogen and oxygen atoms in total. The Labute approximate surface area is 127 Å². The minimum Gasteiger partial charge on any atom is -0.409 e. The van der Waals surface area contributed by atoms with Gasteiger partial charge in [-0.1, -0.05) is 17.3 Å². The number of hydrogen-bond acceptors (Lipinski definition) is 4. The van der Waals surface area contributed by atoms with Gasteiger partial charge >= 0.3 is 0 Å². The van der Waals surface area contributed by atoms with Crippen molar-refractivity contribution < 1.29 is 10.0 Å². The van der Waals surface area contributed by atoms with E-state index in [1.165, 1.54) is 11.3 Å². The van der Waals surface area contributed by atoms with Crippen molar-refractivity contribution in [3.8, 4) is 0 Å². The van der Waals surface area contributed by atoms with Crippen molar-refractivity contribution in [2.75, 3.05) is 5.32 Å². The lowest BCUT2D eigenvalue weighted by atomic mass is 10.1. The minimum atomic E-state index is -0.111. The molecule has 1 aromatic carbocycles. The molecule has 1 heterocycles. The van der Waals surface area contributed by atoms with E-state index in [-0.39, 0.29) is 11.7 Å². The lowest BCUT2D eigenvalue weighted by Gasteiger charge is -2.05. The molecule has 0 saturated heterocycles. The molecule has 0 spiro atoms. The van der Waals surface area contributed by atoms with Crippen LogP contribution in [-0.2, 0) is 6.42 Å². The molecule has 1 amide bonds. The number of amides is 1. The van der Waals surface area contributed by atoms with Crippen molar-refractivity contribution in [2.24, 2.45) is 10.9 Å². The van der Waals surface area contributed by atoms with Gasteiger partial charge in [0.25, 0.3) is 5.91 Å². The van der Waals surface area contributed by atoms with Gasteiger partial charge in [0.15, 0.2) is 0 Å². The van der Waals surface area contributed by atoms with Crippen molar-refractivity contribution in [3.05, 3.63) is 51.2 Å². The fraction of sp³-hybridized carbons (Fsp3) is 0.200. The smallest absolute Gasteiger partial charge is 0.265 e. The van der Waals surface area contributed by atoms with E-state index in [1.807, 2.05) is 32.0 Å². The number of nitrogens with zero attached hydrogens (tertiary/aromatic N) is 1. The first-order valence-electron chi connectivity index (χ1n) is 6.43. The molecule has 2 aromatic rings. The summed E-state index contributed by atoms with van der Waals surface area (Å²) < 4.78 is 0. The summed E-state index contributed by atoms with van der Waals surface area (Å²) in [7, 11) is 0. The highest BCUT2D eigenvalue weighted by atomic mass is 32.1. The number of amidine groups is 1. The Morgan fingerprint density at radius 2 is 2.00 bits per heavy atom. The van der Waals surface area contributed by atoms with Gasteiger partial charge in [0.1, 0.15) is 5.84 Å². The topological polar surface area (TPSA) is 87.7 Å². The number of carbonyl (C=O) groups is 1. The standard InChI is InChI=1S/C15H17N3O2S/c1-9-7-13(21-10(9)2)15(19)17-12-5-3-11(4-6-12)8-14(16)18-20/h3-7,20H,8H2,1-2H3,(H2,16,18)(H,17,19). The zero-order valence-corrected chi connectivity index (χ0v) is 12.7. The molecular formula is C15H17N3O2S. The third-order valence-electron chi connectivity index (χ3n) is 3.12. The van der Waals surface area contributed by atoms with Crippen LogP contribution < -0.4 is 11.1 Å². The van der Waals surface area contributed by atoms with Crippen molar-refractivity contribution >= 4 is 28.8 Å². The van der Waals surface area contributed by atoms with E-state index in [2.05, 4.69) is 10.5 Å². The Kier molecular flexibility index (Phi) is 4.59. The Hall–Kier alpha value is -2.34. The molecule has 6 heteroatoms. The van der Waals surface area contributed by atoms with E-state index in [0.717, 1.165) is 16.0 Å². The number of anilines is 1. The minimum absolute atomic E-state index is 0.111. The molecular weight excluding hydrogens is 286 g/mol. The van der Waals surface area contributed by atoms with Crippen LogP contribution in [0, 0.1) is 13.8 Å². The van der Waals surface area contributed by atoms with Gasteiger partial charge in [0.2, 0.25) is 0 Å². The fourth-order valence-electron chi connectivity index (χ4n) is 1.83. The summed E-state index contributed by atoms with van der Waals surface area (Å²) in [6, 6.07) is 9.15. The van der Waals surface area contributed by atoms with Crippen molar-refractivity contribution in [1.82, 2.24) is 0 Å². The summed E-state index contributed by atoms with van der Waals surface area (Å²) in [4.78, 5) is 14.0. The third-order valence-corrected chi connectivity index (χ3v) is 4.27. The van der Waals surface area contributed by atoms with E-state index >= 15 is 0 Å². The first-order valence-corrected chi connectivity index (χ1v) is 7.25. The third kappa shape index (κ3) is 3.82. The first-order chi connectivity index (χ1) is 9.99. The normalized spacial score (nSPS) is 11.4. The Bertz CT molecular complexity index is 655. The van der Waals surface area contributed by atoms with Gasteiger partial charge in [-0.25, -0.2) is 0 Å². The zero-order chi connectivity index (χ0) is 15.4. The highest BCUT2D eigenvalue weighted by molar-refractivity contribution is 7.14. The van der Waals surface area contributed by atoms with Gasteiger partial charge in [0, 0.05) is 17.0 Å². The molecule has 4 N–H and O–H groups in total. The molecule has 0 aliphatic rings. The van der Waals surface area contributed by atoms with Crippen molar-refractivity contribution in [1.29, 1.82) is 0 Å². The Morgan fingerprint density at radius 3 is 2.52 bits per heavy atom. The van der Waals surface area contributed by atoms with E-state index < -0.39 is 0 Å². The monoisotopic (exact) mass is 303 g/mol. The summed E-state index contributed by atoms with van der Waals surface area (Å²) in [6.45, 7) is 3.99. The van der Waals surface area contributed by atoms with E-state index in [9.17, 15) is 4.79 Å². The molecule has 2 rings (SSSR count). The average molecular weight is 303 g/mol. The van der Waals surface area contributed by atoms with Gasteiger partial charge in [0.05, 0.1) is 4.88 Å². The summed E-state index contributed by atoms with van der Waals surface area (Å²) in [5.74, 6) is 0.0386. The number of carbonyl (C=O) groups excluding carboxylic acids is 1. The van der Waals surface area contributed by atoms with Gasteiger partial charge in [-0.05, 0) is 43.2 Å². The molecule has 0 radical (unpaired) electrons. The first kappa shape index (κ1) is 15.1. The van der Waals surface area contributed by atoms with E-state index in [0.29, 0.717) is 17.0 Å². The lowest BCUT2D eigenvalue weighted by molar-refractivity contribution is 0.103. The number of rotatable bonds is 4. The maximum atomic E-state index is 12.1.